The summed E-state index contributed by atoms with van der Waals surface area (Å²) in [6.45, 7) is 5.73. The highest BCUT2D eigenvalue weighted by molar-refractivity contribution is 7.07. The number of hydrogen-bond acceptors (Lipinski definition) is 4. The number of carboxylic acids is 1. The number of hydrogen-bond donors (Lipinski definition) is 1. The highest BCUT2D eigenvalue weighted by atomic mass is 32.1. The molecule has 0 saturated carbocycles. The van der Waals surface area contributed by atoms with Crippen LogP contribution in [0.15, 0.2) is 39.5 Å². The molecule has 0 aliphatic carbocycles. The van der Waals surface area contributed by atoms with Gasteiger partial charge in [-0.3, -0.25) is 4.79 Å². The number of thiazole rings is 1. The van der Waals surface area contributed by atoms with E-state index in [1.165, 1.54) is 4.57 Å². The zero-order chi connectivity index (χ0) is 17.4. The topological polar surface area (TPSA) is 72.4 Å². The van der Waals surface area contributed by atoms with Crippen LogP contribution in [0.25, 0.3) is 24.0 Å². The molecule has 5 nitrogen and oxygen atoms in total. The number of rotatable bonds is 3. The van der Waals surface area contributed by atoms with Gasteiger partial charge in [-0.05, 0) is 36.8 Å². The van der Waals surface area contributed by atoms with Gasteiger partial charge in [0.1, 0.15) is 11.5 Å². The van der Waals surface area contributed by atoms with Crippen LogP contribution in [-0.2, 0) is 7.05 Å². The first kappa shape index (κ1) is 16.0. The fourth-order valence-electron chi connectivity index (χ4n) is 2.39. The maximum atomic E-state index is 11.7. The van der Waals surface area contributed by atoms with Crippen molar-refractivity contribution in [3.63, 3.8) is 0 Å². The van der Waals surface area contributed by atoms with Crippen LogP contribution in [0.2, 0.25) is 0 Å². The van der Waals surface area contributed by atoms with E-state index in [0.717, 1.165) is 27.0 Å². The third-order valence-electron chi connectivity index (χ3n) is 3.80. The first-order chi connectivity index (χ1) is 11.4. The molecule has 24 heavy (non-hydrogen) atoms. The summed E-state index contributed by atoms with van der Waals surface area (Å²) in [5.41, 5.74) is 1.89. The van der Waals surface area contributed by atoms with E-state index in [0.29, 0.717) is 16.9 Å². The van der Waals surface area contributed by atoms with Gasteiger partial charge >= 0.3 is 10.8 Å². The zero-order valence-electron chi connectivity index (χ0n) is 13.2. The predicted molar refractivity (Wildman–Crippen MR) is 93.7 cm³/mol. The van der Waals surface area contributed by atoms with Crippen LogP contribution in [0.4, 0.5) is 0 Å². The number of carboxylic acid groups (broad SMARTS) is 1. The first-order valence-electron chi connectivity index (χ1n) is 7.17. The van der Waals surface area contributed by atoms with Crippen molar-refractivity contribution in [3.05, 3.63) is 66.8 Å². The van der Waals surface area contributed by atoms with Crippen molar-refractivity contribution in [1.82, 2.24) is 4.57 Å². The summed E-state index contributed by atoms with van der Waals surface area (Å²) in [5.74, 6) is 0.295. The third-order valence-corrected chi connectivity index (χ3v) is 4.82. The Hall–Kier alpha value is -2.86. The number of aromatic carboxylic acids is 1. The second-order valence-electron chi connectivity index (χ2n) is 5.42. The molecular weight excluding hydrogens is 326 g/mol. The molecule has 0 aliphatic rings. The van der Waals surface area contributed by atoms with Crippen molar-refractivity contribution in [3.8, 4) is 11.3 Å². The zero-order valence-corrected chi connectivity index (χ0v) is 14.0. The highest BCUT2D eigenvalue weighted by Crippen LogP contribution is 2.26. The minimum absolute atomic E-state index is 0.0712. The van der Waals surface area contributed by atoms with E-state index in [1.54, 1.807) is 31.3 Å². The molecule has 0 fully saturated rings. The number of furan rings is 1. The summed E-state index contributed by atoms with van der Waals surface area (Å²) in [5, 5.41) is 9.67. The molecule has 122 valence electrons. The van der Waals surface area contributed by atoms with Gasteiger partial charge in [0.05, 0.1) is 15.4 Å². The van der Waals surface area contributed by atoms with E-state index in [4.69, 9.17) is 9.52 Å². The van der Waals surface area contributed by atoms with Crippen molar-refractivity contribution in [2.45, 2.75) is 6.92 Å². The fourth-order valence-corrected chi connectivity index (χ4v) is 3.25. The maximum Gasteiger partial charge on any atom is 0.335 e. The van der Waals surface area contributed by atoms with Crippen LogP contribution in [-0.4, -0.2) is 15.6 Å². The Balaban J connectivity index is 2.02. The molecule has 2 heterocycles. The lowest BCUT2D eigenvalue weighted by Crippen LogP contribution is -2.27. The molecule has 0 aliphatic heterocycles. The highest BCUT2D eigenvalue weighted by Gasteiger charge is 2.10. The molecule has 6 heteroatoms. The molecule has 3 aromatic rings. The average Bonchev–Trinajstić information content (AvgIpc) is 3.08. The Morgan fingerprint density at radius 3 is 2.67 bits per heavy atom. The summed E-state index contributed by atoms with van der Waals surface area (Å²) in [7, 11) is 1.68. The smallest absolute Gasteiger partial charge is 0.335 e. The monoisotopic (exact) mass is 341 g/mol. The van der Waals surface area contributed by atoms with Crippen LogP contribution in [0, 0.1) is 6.92 Å². The van der Waals surface area contributed by atoms with Crippen LogP contribution >= 0.6 is 11.3 Å². The number of carbonyl (C=O) groups is 1. The van der Waals surface area contributed by atoms with E-state index in [2.05, 4.69) is 6.58 Å². The van der Waals surface area contributed by atoms with Crippen LogP contribution in [0.5, 0.6) is 0 Å². The molecule has 0 saturated heterocycles. The summed E-state index contributed by atoms with van der Waals surface area (Å²) in [4.78, 5) is 22.6. The fraction of sp³-hybridized carbons (Fsp3) is 0.111. The van der Waals surface area contributed by atoms with Crippen molar-refractivity contribution in [2.24, 2.45) is 7.05 Å². The number of nitrogens with zero attached hydrogens (tertiary/aromatic N) is 1. The Labute approximate surface area is 141 Å². The Kier molecular flexibility index (Phi) is 3.99. The SMILES string of the molecule is C=c1/c(=C/c2ccc(-c3ccc(C(=O)O)cc3C)o2)sc(=O)n1C. The van der Waals surface area contributed by atoms with Gasteiger partial charge in [0.15, 0.2) is 0 Å². The van der Waals surface area contributed by atoms with Crippen molar-refractivity contribution >= 4 is 30.0 Å². The van der Waals surface area contributed by atoms with E-state index >= 15 is 0 Å². The van der Waals surface area contributed by atoms with E-state index in [9.17, 15) is 9.59 Å². The molecule has 0 bridgehead atoms. The lowest BCUT2D eigenvalue weighted by atomic mass is 10.0. The van der Waals surface area contributed by atoms with Gasteiger partial charge in [0.2, 0.25) is 0 Å². The molecule has 3 rings (SSSR count). The van der Waals surface area contributed by atoms with E-state index in [-0.39, 0.29) is 10.4 Å². The van der Waals surface area contributed by atoms with Crippen LogP contribution < -0.4 is 14.8 Å². The minimum Gasteiger partial charge on any atom is -0.478 e. The van der Waals surface area contributed by atoms with Gasteiger partial charge in [-0.1, -0.05) is 24.0 Å². The quantitative estimate of drug-likeness (QED) is 0.790. The number of aryl methyl sites for hydroxylation is 1. The van der Waals surface area contributed by atoms with Gasteiger partial charge in [-0.15, -0.1) is 0 Å². The van der Waals surface area contributed by atoms with Crippen LogP contribution in [0.3, 0.4) is 0 Å². The molecular formula is C18H15NO4S. The molecule has 0 spiro atoms. The molecule has 0 amide bonds. The van der Waals surface area contributed by atoms with E-state index in [1.807, 2.05) is 19.1 Å². The summed E-state index contributed by atoms with van der Waals surface area (Å²) >= 11 is 1.11. The largest absolute Gasteiger partial charge is 0.478 e. The standard InChI is InChI=1S/C18H15NO4S/c1-10-8-12(17(20)21)4-6-14(10)15-7-5-13(23-15)9-16-11(2)19(3)18(22)24-16/h4-9H,2H2,1,3H3,(H,20,21)/b16-9-. The second kappa shape index (κ2) is 5.98. The van der Waals surface area contributed by atoms with Gasteiger partial charge in [-0.25, -0.2) is 4.79 Å². The third kappa shape index (κ3) is 2.83. The molecule has 0 radical (unpaired) electrons. The van der Waals surface area contributed by atoms with Crippen LogP contribution in [0.1, 0.15) is 21.7 Å². The van der Waals surface area contributed by atoms with Gasteiger partial charge in [-0.2, -0.15) is 0 Å². The van der Waals surface area contributed by atoms with Crippen molar-refractivity contribution < 1.29 is 14.3 Å². The van der Waals surface area contributed by atoms with Gasteiger partial charge < -0.3 is 14.1 Å². The lowest BCUT2D eigenvalue weighted by molar-refractivity contribution is 0.0697. The van der Waals surface area contributed by atoms with Crippen molar-refractivity contribution in [1.29, 1.82) is 0 Å². The first-order valence-corrected chi connectivity index (χ1v) is 7.99. The molecule has 0 atom stereocenters. The minimum atomic E-state index is -0.958. The summed E-state index contributed by atoms with van der Waals surface area (Å²) in [6, 6.07) is 8.52. The second-order valence-corrected chi connectivity index (χ2v) is 6.41. The molecule has 2 aromatic heterocycles. The van der Waals surface area contributed by atoms with Gasteiger partial charge in [0.25, 0.3) is 0 Å². The molecule has 1 N–H and O–H groups in total. The lowest BCUT2D eigenvalue weighted by Gasteiger charge is -2.03. The number of benzene rings is 1. The normalized spacial score (nSPS) is 11.8. The van der Waals surface area contributed by atoms with E-state index < -0.39 is 5.97 Å². The summed E-state index contributed by atoms with van der Waals surface area (Å²) in [6.07, 6.45) is 1.78. The Morgan fingerprint density at radius 2 is 2.08 bits per heavy atom. The molecule has 0 unspecified atom stereocenters. The maximum absolute atomic E-state index is 11.7. The molecule has 1 aromatic carbocycles. The van der Waals surface area contributed by atoms with Gasteiger partial charge in [0, 0.05) is 18.7 Å². The Bertz CT molecular complexity index is 1100. The van der Waals surface area contributed by atoms with Crippen molar-refractivity contribution in [2.75, 3.05) is 0 Å². The number of aromatic nitrogens is 1. The Morgan fingerprint density at radius 1 is 1.33 bits per heavy atom. The average molecular weight is 341 g/mol. The predicted octanol–water partition coefficient (Wildman–Crippen LogP) is 1.95. The summed E-state index contributed by atoms with van der Waals surface area (Å²) < 4.78 is 8.07.